The first kappa shape index (κ1) is 11.3. The summed E-state index contributed by atoms with van der Waals surface area (Å²) in [5.74, 6) is 2.05. The van der Waals surface area contributed by atoms with Crippen LogP contribution in [0.5, 0.6) is 0 Å². The summed E-state index contributed by atoms with van der Waals surface area (Å²) in [4.78, 5) is 10.9. The van der Waals surface area contributed by atoms with Gasteiger partial charge >= 0.3 is 0 Å². The van der Waals surface area contributed by atoms with Gasteiger partial charge in [-0.1, -0.05) is 0 Å². The fourth-order valence-electron chi connectivity index (χ4n) is 2.18. The first-order valence-corrected chi connectivity index (χ1v) is 5.82. The van der Waals surface area contributed by atoms with Crippen LogP contribution >= 0.6 is 0 Å². The van der Waals surface area contributed by atoms with Gasteiger partial charge in [-0.05, 0) is 32.6 Å². The van der Waals surface area contributed by atoms with Gasteiger partial charge in [0.1, 0.15) is 11.6 Å². The highest BCUT2D eigenvalue weighted by molar-refractivity contribution is 5.40. The van der Waals surface area contributed by atoms with Crippen LogP contribution in [-0.2, 0) is 0 Å². The van der Waals surface area contributed by atoms with Crippen molar-refractivity contribution in [3.8, 4) is 0 Å². The maximum atomic E-state index is 12.5. The molecule has 0 unspecified atom stereocenters. The molecule has 1 aliphatic rings. The van der Waals surface area contributed by atoms with Crippen LogP contribution in [0.15, 0.2) is 6.07 Å². The predicted molar refractivity (Wildman–Crippen MR) is 62.4 cm³/mol. The van der Waals surface area contributed by atoms with Crippen LogP contribution in [0.1, 0.15) is 24.4 Å². The van der Waals surface area contributed by atoms with Crippen LogP contribution in [0.3, 0.4) is 0 Å². The first-order chi connectivity index (χ1) is 7.69. The molecule has 0 spiro atoms. The third kappa shape index (κ3) is 2.49. The minimum atomic E-state index is -0.185. The molecule has 88 valence electrons. The highest BCUT2D eigenvalue weighted by atomic mass is 19.1. The molecule has 0 atom stereocenters. The average Bonchev–Trinajstić information content (AvgIpc) is 2.28. The van der Waals surface area contributed by atoms with E-state index in [1.807, 2.05) is 19.9 Å². The minimum Gasteiger partial charge on any atom is -0.356 e. The van der Waals surface area contributed by atoms with E-state index in [1.54, 1.807) is 0 Å². The summed E-state index contributed by atoms with van der Waals surface area (Å²) in [6.07, 6.45) is 1.86. The predicted octanol–water partition coefficient (Wildman–Crippen LogP) is 2.28. The zero-order valence-electron chi connectivity index (χ0n) is 9.91. The molecule has 0 aliphatic carbocycles. The van der Waals surface area contributed by atoms with Crippen LogP contribution in [0.25, 0.3) is 0 Å². The van der Waals surface area contributed by atoms with E-state index in [0.29, 0.717) is 0 Å². The van der Waals surface area contributed by atoms with Gasteiger partial charge in [-0.2, -0.15) is 0 Å². The van der Waals surface area contributed by atoms with Gasteiger partial charge in [0.2, 0.25) is 0 Å². The topological polar surface area (TPSA) is 29.0 Å². The van der Waals surface area contributed by atoms with Crippen molar-refractivity contribution in [2.45, 2.75) is 26.7 Å². The van der Waals surface area contributed by atoms with E-state index in [2.05, 4.69) is 14.9 Å². The molecule has 2 rings (SSSR count). The summed E-state index contributed by atoms with van der Waals surface area (Å²) in [6, 6.07) is 2.00. The molecule has 1 aromatic heterocycles. The number of alkyl halides is 1. The molecule has 0 radical (unpaired) electrons. The van der Waals surface area contributed by atoms with Crippen molar-refractivity contribution in [3.05, 3.63) is 17.6 Å². The monoisotopic (exact) mass is 223 g/mol. The summed E-state index contributed by atoms with van der Waals surface area (Å²) in [5.41, 5.74) is 0.995. The number of aryl methyl sites for hydroxylation is 2. The van der Waals surface area contributed by atoms with Gasteiger partial charge in [0.25, 0.3) is 0 Å². The minimum absolute atomic E-state index is 0.185. The number of hydrogen-bond donors (Lipinski definition) is 0. The fourth-order valence-corrected chi connectivity index (χ4v) is 2.18. The van der Waals surface area contributed by atoms with E-state index >= 15 is 0 Å². The van der Waals surface area contributed by atoms with Crippen molar-refractivity contribution in [3.63, 3.8) is 0 Å². The maximum absolute atomic E-state index is 12.5. The first-order valence-electron chi connectivity index (χ1n) is 5.82. The number of piperidine rings is 1. The lowest BCUT2D eigenvalue weighted by Gasteiger charge is -2.31. The van der Waals surface area contributed by atoms with Crippen LogP contribution in [0.4, 0.5) is 10.2 Å². The van der Waals surface area contributed by atoms with Gasteiger partial charge in [0.15, 0.2) is 0 Å². The Hall–Kier alpha value is -1.19. The number of aromatic nitrogens is 2. The summed E-state index contributed by atoms with van der Waals surface area (Å²) < 4.78 is 12.5. The molecule has 0 N–H and O–H groups in total. The van der Waals surface area contributed by atoms with E-state index in [1.165, 1.54) is 0 Å². The third-order valence-electron chi connectivity index (χ3n) is 3.11. The second-order valence-corrected chi connectivity index (χ2v) is 4.50. The second kappa shape index (κ2) is 4.76. The molecule has 0 bridgehead atoms. The molecule has 0 amide bonds. The Bertz CT molecular complexity index is 339. The van der Waals surface area contributed by atoms with E-state index < -0.39 is 0 Å². The average molecular weight is 223 g/mol. The molecule has 1 aliphatic heterocycles. The standard InChI is InChI=1S/C12H18FN3/c1-9-7-12(15-10(2)14-9)16-5-3-11(8-13)4-6-16/h7,11H,3-6,8H2,1-2H3. The Labute approximate surface area is 95.7 Å². The van der Waals surface area contributed by atoms with Gasteiger partial charge in [-0.25, -0.2) is 9.97 Å². The lowest BCUT2D eigenvalue weighted by Crippen LogP contribution is -2.35. The molecular formula is C12H18FN3. The normalized spacial score (nSPS) is 17.8. The second-order valence-electron chi connectivity index (χ2n) is 4.50. The quantitative estimate of drug-likeness (QED) is 0.770. The summed E-state index contributed by atoms with van der Waals surface area (Å²) in [6.45, 7) is 5.52. The molecule has 16 heavy (non-hydrogen) atoms. The Morgan fingerprint density at radius 3 is 2.56 bits per heavy atom. The Morgan fingerprint density at radius 1 is 1.31 bits per heavy atom. The van der Waals surface area contributed by atoms with E-state index in [9.17, 15) is 4.39 Å². The van der Waals surface area contributed by atoms with Gasteiger partial charge in [0.05, 0.1) is 6.67 Å². The van der Waals surface area contributed by atoms with Crippen LogP contribution in [0, 0.1) is 19.8 Å². The van der Waals surface area contributed by atoms with Crippen LogP contribution in [-0.4, -0.2) is 29.7 Å². The van der Waals surface area contributed by atoms with Crippen molar-refractivity contribution in [1.82, 2.24) is 9.97 Å². The van der Waals surface area contributed by atoms with Gasteiger partial charge in [-0.3, -0.25) is 4.39 Å². The summed E-state index contributed by atoms with van der Waals surface area (Å²) in [7, 11) is 0. The molecule has 1 fully saturated rings. The number of hydrogen-bond acceptors (Lipinski definition) is 3. The highest BCUT2D eigenvalue weighted by Crippen LogP contribution is 2.22. The van der Waals surface area contributed by atoms with E-state index in [0.717, 1.165) is 43.3 Å². The number of halogens is 1. The fraction of sp³-hybridized carbons (Fsp3) is 0.667. The molecular weight excluding hydrogens is 205 g/mol. The van der Waals surface area contributed by atoms with Crippen molar-refractivity contribution >= 4 is 5.82 Å². The lowest BCUT2D eigenvalue weighted by molar-refractivity contribution is 0.307. The smallest absolute Gasteiger partial charge is 0.132 e. The zero-order valence-corrected chi connectivity index (χ0v) is 9.91. The largest absolute Gasteiger partial charge is 0.356 e. The number of anilines is 1. The van der Waals surface area contributed by atoms with Crippen molar-refractivity contribution < 1.29 is 4.39 Å². The Balaban J connectivity index is 2.08. The SMILES string of the molecule is Cc1cc(N2CCC(CF)CC2)nc(C)n1. The van der Waals surface area contributed by atoms with E-state index in [4.69, 9.17) is 0 Å². The molecule has 0 aromatic carbocycles. The molecule has 1 aromatic rings. The summed E-state index contributed by atoms with van der Waals surface area (Å²) in [5, 5.41) is 0. The molecule has 3 nitrogen and oxygen atoms in total. The van der Waals surface area contributed by atoms with Crippen molar-refractivity contribution in [1.29, 1.82) is 0 Å². The lowest BCUT2D eigenvalue weighted by atomic mass is 9.98. The van der Waals surface area contributed by atoms with Crippen LogP contribution < -0.4 is 4.90 Å². The third-order valence-corrected chi connectivity index (χ3v) is 3.11. The molecule has 4 heteroatoms. The maximum Gasteiger partial charge on any atom is 0.132 e. The van der Waals surface area contributed by atoms with Gasteiger partial charge in [0, 0.05) is 24.8 Å². The Kier molecular flexibility index (Phi) is 3.36. The van der Waals surface area contributed by atoms with Crippen molar-refractivity contribution in [2.24, 2.45) is 5.92 Å². The number of nitrogens with zero attached hydrogens (tertiary/aromatic N) is 3. The number of rotatable bonds is 2. The highest BCUT2D eigenvalue weighted by Gasteiger charge is 2.20. The van der Waals surface area contributed by atoms with Crippen LogP contribution in [0.2, 0.25) is 0 Å². The van der Waals surface area contributed by atoms with Gasteiger partial charge in [-0.15, -0.1) is 0 Å². The molecule has 2 heterocycles. The van der Waals surface area contributed by atoms with Crippen molar-refractivity contribution in [2.75, 3.05) is 24.7 Å². The zero-order chi connectivity index (χ0) is 11.5. The molecule has 1 saturated heterocycles. The Morgan fingerprint density at radius 2 is 2.00 bits per heavy atom. The summed E-state index contributed by atoms with van der Waals surface area (Å²) >= 11 is 0. The molecule has 0 saturated carbocycles. The van der Waals surface area contributed by atoms with Gasteiger partial charge < -0.3 is 4.90 Å². The van der Waals surface area contributed by atoms with E-state index in [-0.39, 0.29) is 12.6 Å².